The molecule has 8 aliphatic rings. The van der Waals surface area contributed by atoms with E-state index in [2.05, 4.69) is 72.2 Å². The van der Waals surface area contributed by atoms with Gasteiger partial charge < -0.3 is 20.1 Å². The van der Waals surface area contributed by atoms with Crippen LogP contribution in [0.4, 0.5) is 0 Å². The van der Waals surface area contributed by atoms with Gasteiger partial charge in [-0.2, -0.15) is 0 Å². The van der Waals surface area contributed by atoms with Crippen LogP contribution in [0, 0.1) is 85.2 Å². The summed E-state index contributed by atoms with van der Waals surface area (Å²) in [5.74, 6) is 0.684. The molecule has 0 aromatic rings. The second-order valence-electron chi connectivity index (χ2n) is 24.1. The molecule has 2 N–H and O–H groups in total. The Morgan fingerprint density at radius 3 is 2.00 bits per heavy atom. The highest BCUT2D eigenvalue weighted by Gasteiger charge is 2.72. The second kappa shape index (κ2) is 13.8. The van der Waals surface area contributed by atoms with Crippen molar-refractivity contribution in [3.05, 3.63) is 12.2 Å². The zero-order chi connectivity index (χ0) is 42.2. The van der Waals surface area contributed by atoms with E-state index in [9.17, 15) is 19.5 Å². The molecular weight excluding hydrogens is 725 g/mol. The standard InChI is InChI=1S/C50H78N2O6/c1-29(2)30-17-22-50(43(57)51-37-28-32(45(37,5)6)40(53)52-25-13-12-14-26-52)24-23-48(10)31(39(30)50)15-16-36-47(9)20-19-38(46(7,8)35(47)18-21-49(36,48)11)58-42(56)34-27-33(41(54)55)44(34,3)4/h30-39H,1,12-28H2,2-11H3,(H,51,57)(H,54,55)/t30-,31+,32-,33+,34?,35-,36+,37?,38-,39+,47-,48+,49+,50-/m0/s1. The lowest BCUT2D eigenvalue weighted by atomic mass is 9.32. The zero-order valence-electron chi connectivity index (χ0n) is 37.9. The van der Waals surface area contributed by atoms with E-state index in [0.29, 0.717) is 36.0 Å². The third-order valence-corrected chi connectivity index (χ3v) is 21.1. The largest absolute Gasteiger partial charge is 0.481 e. The Hall–Kier alpha value is -2.38. The first-order valence-corrected chi connectivity index (χ1v) is 23.7. The molecule has 8 nitrogen and oxygen atoms in total. The highest BCUT2D eigenvalue weighted by atomic mass is 16.5. The van der Waals surface area contributed by atoms with E-state index in [0.717, 1.165) is 90.1 Å². The molecule has 8 rings (SSSR count). The number of amides is 2. The Labute approximate surface area is 350 Å². The number of hydrogen-bond donors (Lipinski definition) is 2. The maximum atomic E-state index is 15.0. The monoisotopic (exact) mass is 803 g/mol. The summed E-state index contributed by atoms with van der Waals surface area (Å²) in [5, 5.41) is 13.3. The molecule has 7 saturated carbocycles. The summed E-state index contributed by atoms with van der Waals surface area (Å²) in [7, 11) is 0. The predicted molar refractivity (Wildman–Crippen MR) is 226 cm³/mol. The van der Waals surface area contributed by atoms with Crippen LogP contribution in [-0.2, 0) is 23.9 Å². The van der Waals surface area contributed by atoms with Crippen molar-refractivity contribution in [1.82, 2.24) is 10.2 Å². The third-order valence-electron chi connectivity index (χ3n) is 21.1. The van der Waals surface area contributed by atoms with Crippen LogP contribution in [0.2, 0.25) is 0 Å². The molecule has 324 valence electrons. The predicted octanol–water partition coefficient (Wildman–Crippen LogP) is 9.85. The fourth-order valence-electron chi connectivity index (χ4n) is 16.9. The van der Waals surface area contributed by atoms with Crippen molar-refractivity contribution < 1.29 is 29.0 Å². The number of fused-ring (bicyclic) bond motifs is 7. The Morgan fingerprint density at radius 1 is 0.690 bits per heavy atom. The number of esters is 1. The molecule has 1 heterocycles. The van der Waals surface area contributed by atoms with E-state index < -0.39 is 17.3 Å². The lowest BCUT2D eigenvalue weighted by Gasteiger charge is -2.73. The molecule has 0 bridgehead atoms. The van der Waals surface area contributed by atoms with Gasteiger partial charge >= 0.3 is 11.9 Å². The Bertz CT molecular complexity index is 1730. The number of likely N-dealkylation sites (tertiary alicyclic amines) is 1. The fourth-order valence-corrected chi connectivity index (χ4v) is 16.9. The van der Waals surface area contributed by atoms with Crippen molar-refractivity contribution >= 4 is 23.8 Å². The molecule has 8 heteroatoms. The summed E-state index contributed by atoms with van der Waals surface area (Å²) < 4.78 is 6.45. The van der Waals surface area contributed by atoms with E-state index in [4.69, 9.17) is 4.74 Å². The Morgan fingerprint density at radius 2 is 1.38 bits per heavy atom. The van der Waals surface area contributed by atoms with Gasteiger partial charge in [0, 0.05) is 30.5 Å². The number of piperidine rings is 1. The summed E-state index contributed by atoms with van der Waals surface area (Å²) in [6.07, 6.45) is 14.8. The van der Waals surface area contributed by atoms with Crippen molar-refractivity contribution in [1.29, 1.82) is 0 Å². The van der Waals surface area contributed by atoms with Crippen molar-refractivity contribution in [2.24, 2.45) is 85.2 Å². The zero-order valence-corrected chi connectivity index (χ0v) is 37.9. The van der Waals surface area contributed by atoms with Gasteiger partial charge in [0.1, 0.15) is 6.10 Å². The number of carboxylic acids is 1. The molecule has 14 atom stereocenters. The summed E-state index contributed by atoms with van der Waals surface area (Å²) in [6.45, 7) is 29.3. The average Bonchev–Trinajstić information content (AvgIpc) is 3.55. The number of allylic oxidation sites excluding steroid dienone is 1. The molecule has 58 heavy (non-hydrogen) atoms. The van der Waals surface area contributed by atoms with Crippen LogP contribution >= 0.6 is 0 Å². The first-order chi connectivity index (χ1) is 27.0. The molecular formula is C50H78N2O6. The second-order valence-corrected chi connectivity index (χ2v) is 24.1. The van der Waals surface area contributed by atoms with Gasteiger partial charge in [0.15, 0.2) is 0 Å². The lowest BCUT2D eigenvalue weighted by molar-refractivity contribution is -0.251. The van der Waals surface area contributed by atoms with Crippen LogP contribution in [0.1, 0.15) is 166 Å². The molecule has 0 spiro atoms. The summed E-state index contributed by atoms with van der Waals surface area (Å²) >= 11 is 0. The number of hydrogen-bond acceptors (Lipinski definition) is 5. The molecule has 0 aromatic carbocycles. The molecule has 0 aromatic heterocycles. The normalized spacial score (nSPS) is 47.0. The minimum atomic E-state index is -0.820. The molecule has 8 fully saturated rings. The number of rotatable bonds is 7. The number of carbonyl (C=O) groups is 4. The van der Waals surface area contributed by atoms with Crippen LogP contribution in [0.15, 0.2) is 12.2 Å². The lowest BCUT2D eigenvalue weighted by Crippen LogP contribution is -2.68. The van der Waals surface area contributed by atoms with Crippen LogP contribution < -0.4 is 5.32 Å². The smallest absolute Gasteiger partial charge is 0.309 e. The van der Waals surface area contributed by atoms with Crippen LogP contribution in [0.3, 0.4) is 0 Å². The summed E-state index contributed by atoms with van der Waals surface area (Å²) in [5.41, 5.74) is 0.152. The Balaban J connectivity index is 1.00. The quantitative estimate of drug-likeness (QED) is 0.196. The molecule has 0 radical (unpaired) electrons. The number of nitrogens with one attached hydrogen (secondary N) is 1. The maximum absolute atomic E-state index is 15.0. The first kappa shape index (κ1) is 42.3. The third kappa shape index (κ3) is 5.75. The number of nitrogens with zero attached hydrogens (tertiary/aromatic N) is 1. The van der Waals surface area contributed by atoms with E-state index in [1.54, 1.807) is 0 Å². The van der Waals surface area contributed by atoms with Gasteiger partial charge in [-0.3, -0.25) is 19.2 Å². The van der Waals surface area contributed by atoms with Gasteiger partial charge in [-0.25, -0.2) is 0 Å². The van der Waals surface area contributed by atoms with Gasteiger partial charge in [-0.1, -0.05) is 74.5 Å². The van der Waals surface area contributed by atoms with Crippen LogP contribution in [-0.4, -0.2) is 59.0 Å². The van der Waals surface area contributed by atoms with Crippen molar-refractivity contribution in [3.8, 4) is 0 Å². The van der Waals surface area contributed by atoms with Gasteiger partial charge in [-0.05, 0) is 160 Å². The van der Waals surface area contributed by atoms with Gasteiger partial charge in [-0.15, -0.1) is 0 Å². The minimum Gasteiger partial charge on any atom is -0.481 e. The van der Waals surface area contributed by atoms with E-state index in [1.807, 2.05) is 13.8 Å². The minimum absolute atomic E-state index is 0.0223. The number of ether oxygens (including phenoxy) is 1. The van der Waals surface area contributed by atoms with Crippen LogP contribution in [0.25, 0.3) is 0 Å². The SMILES string of the molecule is C=C(C)[C@@H]1CC[C@]2(C(=O)NC3C[C@@H](C(=O)N4CCCCC4)C3(C)C)CC[C@]3(C)[C@H](CC[C@@H]4[C@@]5(C)CC[C@H](OC(=O)C6C[C@H](C(=O)O)C6(C)C)C(C)(C)[C@@H]5CC[C@]43C)[C@@H]12. The van der Waals surface area contributed by atoms with Gasteiger partial charge in [0.05, 0.1) is 17.3 Å². The average molecular weight is 803 g/mol. The van der Waals surface area contributed by atoms with Crippen LogP contribution in [0.5, 0.6) is 0 Å². The molecule has 2 amide bonds. The topological polar surface area (TPSA) is 113 Å². The first-order valence-electron chi connectivity index (χ1n) is 23.7. The fraction of sp³-hybridized carbons (Fsp3) is 0.880. The summed E-state index contributed by atoms with van der Waals surface area (Å²) in [6, 6.07) is 0.0223. The van der Waals surface area contributed by atoms with Gasteiger partial charge in [0.25, 0.3) is 0 Å². The number of carboxylic acid groups (broad SMARTS) is 1. The van der Waals surface area contributed by atoms with Crippen molar-refractivity contribution in [2.75, 3.05) is 13.1 Å². The van der Waals surface area contributed by atoms with Crippen molar-refractivity contribution in [2.45, 2.75) is 178 Å². The van der Waals surface area contributed by atoms with Gasteiger partial charge in [0.2, 0.25) is 11.8 Å². The summed E-state index contributed by atoms with van der Waals surface area (Å²) in [4.78, 5) is 56.2. The number of carbonyl (C=O) groups excluding carboxylic acids is 3. The van der Waals surface area contributed by atoms with E-state index in [1.165, 1.54) is 18.4 Å². The Kier molecular flexibility index (Phi) is 10.1. The van der Waals surface area contributed by atoms with E-state index >= 15 is 4.79 Å². The molecule has 2 unspecified atom stereocenters. The van der Waals surface area contributed by atoms with Crippen molar-refractivity contribution in [3.63, 3.8) is 0 Å². The highest BCUT2D eigenvalue weighted by Crippen LogP contribution is 2.78. The maximum Gasteiger partial charge on any atom is 0.309 e. The molecule has 7 aliphatic carbocycles. The number of aliphatic carboxylic acids is 1. The van der Waals surface area contributed by atoms with E-state index in [-0.39, 0.29) is 74.3 Å². The molecule has 1 saturated heterocycles. The molecule has 1 aliphatic heterocycles. The highest BCUT2D eigenvalue weighted by molar-refractivity contribution is 5.86.